The molecule has 86 valence electrons. The molecule has 0 saturated carbocycles. The summed E-state index contributed by atoms with van der Waals surface area (Å²) < 4.78 is 0. The van der Waals surface area contributed by atoms with E-state index in [4.69, 9.17) is 0 Å². The van der Waals surface area contributed by atoms with Crippen LogP contribution in [0.3, 0.4) is 0 Å². The number of nitrogens with zero attached hydrogens (tertiary/aromatic N) is 1. The first-order valence-electron chi connectivity index (χ1n) is 6.02. The van der Waals surface area contributed by atoms with E-state index in [0.29, 0.717) is 6.04 Å². The average Bonchev–Trinajstić information content (AvgIpc) is 2.03. The van der Waals surface area contributed by atoms with Crippen molar-refractivity contribution in [1.29, 1.82) is 0 Å². The maximum absolute atomic E-state index is 3.55. The van der Waals surface area contributed by atoms with Crippen molar-refractivity contribution < 1.29 is 0 Å². The highest BCUT2D eigenvalue weighted by molar-refractivity contribution is 4.70. The lowest BCUT2D eigenvalue weighted by atomic mass is 10.1. The Kier molecular flexibility index (Phi) is 8.20. The van der Waals surface area contributed by atoms with Crippen molar-refractivity contribution in [3.8, 4) is 0 Å². The van der Waals surface area contributed by atoms with E-state index in [1.165, 1.54) is 25.9 Å². The summed E-state index contributed by atoms with van der Waals surface area (Å²) in [4.78, 5) is 2.44. The van der Waals surface area contributed by atoms with Crippen molar-refractivity contribution in [2.24, 2.45) is 5.92 Å². The van der Waals surface area contributed by atoms with Gasteiger partial charge in [0.15, 0.2) is 0 Å². The summed E-state index contributed by atoms with van der Waals surface area (Å²) in [5.74, 6) is 0.768. The highest BCUT2D eigenvalue weighted by Gasteiger charge is 2.09. The normalized spacial score (nSPS) is 13.9. The first-order chi connectivity index (χ1) is 6.60. The topological polar surface area (TPSA) is 15.3 Å². The van der Waals surface area contributed by atoms with E-state index in [1.807, 2.05) is 0 Å². The van der Waals surface area contributed by atoms with Crippen molar-refractivity contribution in [2.75, 3.05) is 26.7 Å². The summed E-state index contributed by atoms with van der Waals surface area (Å²) in [6, 6.07) is 0.675. The van der Waals surface area contributed by atoms with Crippen LogP contribution in [0.5, 0.6) is 0 Å². The monoisotopic (exact) mass is 200 g/mol. The summed E-state index contributed by atoms with van der Waals surface area (Å²) >= 11 is 0. The highest BCUT2D eigenvalue weighted by atomic mass is 15.1. The van der Waals surface area contributed by atoms with Gasteiger partial charge < -0.3 is 10.2 Å². The smallest absolute Gasteiger partial charge is 0.0194 e. The summed E-state index contributed by atoms with van der Waals surface area (Å²) in [5, 5.41) is 3.55. The third kappa shape index (κ3) is 7.34. The molecule has 0 saturated heterocycles. The predicted octanol–water partition coefficient (Wildman–Crippen LogP) is 2.35. The Bertz CT molecular complexity index is 117. The lowest BCUT2D eigenvalue weighted by Crippen LogP contribution is -2.40. The summed E-state index contributed by atoms with van der Waals surface area (Å²) in [5.41, 5.74) is 0. The Morgan fingerprint density at radius 2 is 1.79 bits per heavy atom. The van der Waals surface area contributed by atoms with E-state index in [9.17, 15) is 0 Å². The molecule has 2 nitrogen and oxygen atoms in total. The second-order valence-electron chi connectivity index (χ2n) is 4.66. The molecule has 0 spiro atoms. The van der Waals surface area contributed by atoms with Gasteiger partial charge in [-0.15, -0.1) is 0 Å². The molecule has 1 unspecified atom stereocenters. The molecule has 0 rings (SSSR count). The molecule has 14 heavy (non-hydrogen) atoms. The van der Waals surface area contributed by atoms with Crippen LogP contribution in [-0.2, 0) is 0 Å². The quantitative estimate of drug-likeness (QED) is 0.647. The zero-order chi connectivity index (χ0) is 11.0. The molecule has 0 aromatic carbocycles. The number of nitrogens with one attached hydrogen (secondary N) is 1. The van der Waals surface area contributed by atoms with Crippen LogP contribution < -0.4 is 5.32 Å². The maximum atomic E-state index is 3.55. The molecule has 0 bridgehead atoms. The second-order valence-corrected chi connectivity index (χ2v) is 4.66. The van der Waals surface area contributed by atoms with Crippen LogP contribution in [-0.4, -0.2) is 37.6 Å². The zero-order valence-corrected chi connectivity index (χ0v) is 10.6. The largest absolute Gasteiger partial charge is 0.313 e. The minimum atomic E-state index is 0.675. The first-order valence-corrected chi connectivity index (χ1v) is 6.02. The summed E-state index contributed by atoms with van der Waals surface area (Å²) in [7, 11) is 2.22. The van der Waals surface area contributed by atoms with Crippen molar-refractivity contribution in [3.05, 3.63) is 0 Å². The Morgan fingerprint density at radius 3 is 2.21 bits per heavy atom. The van der Waals surface area contributed by atoms with Gasteiger partial charge in [0, 0.05) is 19.1 Å². The molecule has 0 aromatic rings. The van der Waals surface area contributed by atoms with E-state index in [-0.39, 0.29) is 0 Å². The van der Waals surface area contributed by atoms with Gasteiger partial charge in [0.05, 0.1) is 0 Å². The van der Waals surface area contributed by atoms with Crippen molar-refractivity contribution in [1.82, 2.24) is 10.2 Å². The van der Waals surface area contributed by atoms with E-state index in [1.54, 1.807) is 0 Å². The standard InChI is InChI=1S/C12H28N2/c1-6-8-12(13-7-2)10-14(5)9-11(3)4/h11-13H,6-10H2,1-5H3. The van der Waals surface area contributed by atoms with Gasteiger partial charge in [0.25, 0.3) is 0 Å². The van der Waals surface area contributed by atoms with E-state index < -0.39 is 0 Å². The molecular weight excluding hydrogens is 172 g/mol. The third-order valence-corrected chi connectivity index (χ3v) is 2.34. The van der Waals surface area contributed by atoms with Gasteiger partial charge in [0.2, 0.25) is 0 Å². The fraction of sp³-hybridized carbons (Fsp3) is 1.00. The van der Waals surface area contributed by atoms with E-state index >= 15 is 0 Å². The summed E-state index contributed by atoms with van der Waals surface area (Å²) in [6.45, 7) is 12.5. The highest BCUT2D eigenvalue weighted by Crippen LogP contribution is 2.01. The van der Waals surface area contributed by atoms with Crippen LogP contribution >= 0.6 is 0 Å². The molecule has 0 radical (unpaired) electrons. The van der Waals surface area contributed by atoms with Gasteiger partial charge in [-0.1, -0.05) is 34.1 Å². The third-order valence-electron chi connectivity index (χ3n) is 2.34. The van der Waals surface area contributed by atoms with E-state index in [2.05, 4.69) is 45.0 Å². The minimum absolute atomic E-state index is 0.675. The minimum Gasteiger partial charge on any atom is -0.313 e. The van der Waals surface area contributed by atoms with Crippen molar-refractivity contribution >= 4 is 0 Å². The zero-order valence-electron chi connectivity index (χ0n) is 10.6. The molecule has 0 aliphatic rings. The summed E-state index contributed by atoms with van der Waals surface area (Å²) in [6.07, 6.45) is 2.56. The fourth-order valence-electron chi connectivity index (χ4n) is 1.97. The van der Waals surface area contributed by atoms with Crippen molar-refractivity contribution in [3.63, 3.8) is 0 Å². The van der Waals surface area contributed by atoms with Gasteiger partial charge in [0.1, 0.15) is 0 Å². The Morgan fingerprint density at radius 1 is 1.14 bits per heavy atom. The number of hydrogen-bond donors (Lipinski definition) is 1. The Balaban J connectivity index is 3.76. The number of likely N-dealkylation sites (N-methyl/N-ethyl adjacent to an activating group) is 2. The molecule has 0 amide bonds. The Hall–Kier alpha value is -0.0800. The average molecular weight is 200 g/mol. The molecule has 0 fully saturated rings. The first kappa shape index (κ1) is 13.9. The molecule has 0 aromatic heterocycles. The molecule has 0 aliphatic carbocycles. The maximum Gasteiger partial charge on any atom is 0.0194 e. The molecule has 2 heteroatoms. The fourth-order valence-corrected chi connectivity index (χ4v) is 1.97. The van der Waals surface area contributed by atoms with Gasteiger partial charge in [-0.2, -0.15) is 0 Å². The molecule has 1 N–H and O–H groups in total. The van der Waals surface area contributed by atoms with Gasteiger partial charge in [-0.3, -0.25) is 0 Å². The lowest BCUT2D eigenvalue weighted by molar-refractivity contribution is 0.256. The van der Waals surface area contributed by atoms with Crippen LogP contribution in [0.15, 0.2) is 0 Å². The van der Waals surface area contributed by atoms with Gasteiger partial charge in [-0.25, -0.2) is 0 Å². The van der Waals surface area contributed by atoms with Crippen LogP contribution in [0.1, 0.15) is 40.5 Å². The molecule has 1 atom stereocenters. The molecule has 0 heterocycles. The number of rotatable bonds is 8. The molecule has 0 aliphatic heterocycles. The van der Waals surface area contributed by atoms with Crippen molar-refractivity contribution in [2.45, 2.75) is 46.6 Å². The molecular formula is C12H28N2. The predicted molar refractivity (Wildman–Crippen MR) is 64.7 cm³/mol. The lowest BCUT2D eigenvalue weighted by Gasteiger charge is -2.25. The van der Waals surface area contributed by atoms with Gasteiger partial charge in [-0.05, 0) is 25.9 Å². The van der Waals surface area contributed by atoms with Crippen LogP contribution in [0.2, 0.25) is 0 Å². The van der Waals surface area contributed by atoms with Crippen LogP contribution in [0, 0.1) is 5.92 Å². The van der Waals surface area contributed by atoms with Crippen LogP contribution in [0.4, 0.5) is 0 Å². The second kappa shape index (κ2) is 8.25. The SMILES string of the molecule is CCCC(CN(C)CC(C)C)NCC. The Labute approximate surface area is 90.1 Å². The van der Waals surface area contributed by atoms with E-state index in [0.717, 1.165) is 12.5 Å². The van der Waals surface area contributed by atoms with Gasteiger partial charge >= 0.3 is 0 Å². The number of hydrogen-bond acceptors (Lipinski definition) is 2. The van der Waals surface area contributed by atoms with Crippen LogP contribution in [0.25, 0.3) is 0 Å².